The van der Waals surface area contributed by atoms with Crippen molar-refractivity contribution in [1.29, 1.82) is 0 Å². The lowest BCUT2D eigenvalue weighted by Crippen LogP contribution is -2.62. The van der Waals surface area contributed by atoms with Gasteiger partial charge in [0, 0.05) is 85.8 Å². The van der Waals surface area contributed by atoms with Crippen LogP contribution in [0.4, 0.5) is 4.79 Å². The van der Waals surface area contributed by atoms with Gasteiger partial charge in [0.25, 0.3) is 5.91 Å². The molecule has 0 saturated carbocycles. The summed E-state index contributed by atoms with van der Waals surface area (Å²) in [6.45, 7) is 14.3. The van der Waals surface area contributed by atoms with Crippen LogP contribution in [-0.4, -0.2) is 112 Å². The molecule has 4 aromatic rings. The number of esters is 1. The zero-order valence-corrected chi connectivity index (χ0v) is 35.6. The first-order valence-electron chi connectivity index (χ1n) is 20.4. The van der Waals surface area contributed by atoms with Crippen LogP contribution in [0.1, 0.15) is 76.8 Å². The Kier molecular flexibility index (Phi) is 12.0. The molecule has 1 aromatic carbocycles. The molecule has 7 rings (SSSR count). The number of urea groups is 1. The van der Waals surface area contributed by atoms with Crippen LogP contribution >= 0.6 is 11.3 Å². The van der Waals surface area contributed by atoms with Crippen LogP contribution in [0.3, 0.4) is 0 Å². The standard InChI is InChI=1S/C43H56N8O6S/c1-9-49-34-15-14-27-20-29(34)30(38(49)28-12-10-16-44-36(28)26(4)56-8)22-43(5,6)24-57-41(54)31-13-11-17-51(47-31)40(53)32(21-35-45-33(27)23-58-35)46-39(52)37(25(2)3)50-19-18-48(7)42(50)55/h10,12,14-16,20,23,25-26,31-32,37,47H,9,11,13,17-19,21-22,24H2,1-8H3,(H,46,52)/t26-,31-,32-,37-/m0/s1. The molecule has 3 aliphatic rings. The Labute approximate surface area is 344 Å². The Balaban J connectivity index is 1.33. The molecule has 15 heteroatoms. The molecule has 14 nitrogen and oxygen atoms in total. The quantitative estimate of drug-likeness (QED) is 0.217. The number of hydrazine groups is 1. The first kappa shape index (κ1) is 41.3. The summed E-state index contributed by atoms with van der Waals surface area (Å²) in [6, 6.07) is 7.70. The number of ether oxygens (including phenoxy) is 2. The summed E-state index contributed by atoms with van der Waals surface area (Å²) in [5, 5.41) is 8.19. The van der Waals surface area contributed by atoms with Crippen molar-refractivity contribution in [2.45, 2.75) is 98.0 Å². The van der Waals surface area contributed by atoms with Crippen LogP contribution in [0, 0.1) is 11.3 Å². The minimum Gasteiger partial charge on any atom is -0.464 e. The van der Waals surface area contributed by atoms with Gasteiger partial charge >= 0.3 is 12.0 Å². The van der Waals surface area contributed by atoms with Crippen molar-refractivity contribution in [3.8, 4) is 22.5 Å². The summed E-state index contributed by atoms with van der Waals surface area (Å²) in [4.78, 5) is 68.4. The second-order valence-corrected chi connectivity index (χ2v) is 17.8. The number of amides is 4. The van der Waals surface area contributed by atoms with Crippen molar-refractivity contribution >= 4 is 46.1 Å². The molecular formula is C43H56N8O6S. The van der Waals surface area contributed by atoms with Crippen molar-refractivity contribution in [2.24, 2.45) is 11.3 Å². The molecule has 0 aliphatic carbocycles. The van der Waals surface area contributed by atoms with Crippen molar-refractivity contribution in [1.82, 2.24) is 40.1 Å². The van der Waals surface area contributed by atoms with Gasteiger partial charge in [-0.3, -0.25) is 24.4 Å². The Morgan fingerprint density at radius 1 is 1.14 bits per heavy atom. The molecule has 0 unspecified atom stereocenters. The van der Waals surface area contributed by atoms with E-state index >= 15 is 0 Å². The molecule has 3 aliphatic heterocycles. The number of benzene rings is 1. The zero-order valence-electron chi connectivity index (χ0n) is 34.8. The predicted molar refractivity (Wildman–Crippen MR) is 223 cm³/mol. The van der Waals surface area contributed by atoms with E-state index in [-0.39, 0.29) is 37.0 Å². The first-order valence-corrected chi connectivity index (χ1v) is 21.2. The number of carbonyl (C=O) groups is 4. The number of hydrogen-bond acceptors (Lipinski definition) is 10. The highest BCUT2D eigenvalue weighted by Gasteiger charge is 2.41. The van der Waals surface area contributed by atoms with Gasteiger partial charge in [0.05, 0.1) is 34.8 Å². The summed E-state index contributed by atoms with van der Waals surface area (Å²) < 4.78 is 14.2. The van der Waals surface area contributed by atoms with Gasteiger partial charge < -0.3 is 29.2 Å². The number of aromatic nitrogens is 3. The number of fused-ring (bicyclic) bond motifs is 6. The predicted octanol–water partition coefficient (Wildman–Crippen LogP) is 5.59. The lowest BCUT2D eigenvalue weighted by atomic mass is 9.84. The summed E-state index contributed by atoms with van der Waals surface area (Å²) >= 11 is 1.43. The van der Waals surface area contributed by atoms with E-state index in [1.165, 1.54) is 16.3 Å². The Morgan fingerprint density at radius 2 is 1.93 bits per heavy atom. The molecule has 0 radical (unpaired) electrons. The smallest absolute Gasteiger partial charge is 0.324 e. The van der Waals surface area contributed by atoms with E-state index in [2.05, 4.69) is 60.3 Å². The summed E-state index contributed by atoms with van der Waals surface area (Å²) in [5.74, 6) is -1.43. The Hall–Kier alpha value is -4.86. The van der Waals surface area contributed by atoms with Crippen LogP contribution in [0.2, 0.25) is 0 Å². The number of thiazole rings is 1. The van der Waals surface area contributed by atoms with E-state index in [1.54, 1.807) is 30.2 Å². The van der Waals surface area contributed by atoms with Gasteiger partial charge in [-0.05, 0) is 68.9 Å². The highest BCUT2D eigenvalue weighted by Crippen LogP contribution is 2.42. The van der Waals surface area contributed by atoms with Crippen molar-refractivity contribution in [3.63, 3.8) is 0 Å². The highest BCUT2D eigenvalue weighted by atomic mass is 32.1. The van der Waals surface area contributed by atoms with Crippen LogP contribution in [0.15, 0.2) is 41.9 Å². The molecular weight excluding hydrogens is 757 g/mol. The maximum atomic E-state index is 14.4. The van der Waals surface area contributed by atoms with Gasteiger partial charge in [-0.1, -0.05) is 33.8 Å². The van der Waals surface area contributed by atoms with Crippen LogP contribution in [0.25, 0.3) is 33.4 Å². The third-order valence-corrected chi connectivity index (χ3v) is 12.5. The molecule has 4 atom stereocenters. The summed E-state index contributed by atoms with van der Waals surface area (Å²) in [5.41, 5.74) is 9.41. The number of rotatable bonds is 8. The molecule has 0 spiro atoms. The van der Waals surface area contributed by atoms with Gasteiger partial charge in [-0.2, -0.15) is 0 Å². The number of pyridine rings is 1. The highest BCUT2D eigenvalue weighted by molar-refractivity contribution is 7.10. The number of likely N-dealkylation sites (N-methyl/N-ethyl adjacent to an activating group) is 1. The van der Waals surface area contributed by atoms with E-state index in [4.69, 9.17) is 19.4 Å². The lowest BCUT2D eigenvalue weighted by molar-refractivity contribution is -0.155. The van der Waals surface area contributed by atoms with Crippen molar-refractivity contribution in [3.05, 3.63) is 58.2 Å². The normalized spacial score (nSPS) is 21.3. The van der Waals surface area contributed by atoms with Gasteiger partial charge in [0.2, 0.25) is 5.91 Å². The largest absolute Gasteiger partial charge is 0.464 e. The average molecular weight is 813 g/mol. The second-order valence-electron chi connectivity index (χ2n) is 16.9. The Morgan fingerprint density at radius 3 is 2.64 bits per heavy atom. The third kappa shape index (κ3) is 8.08. The molecule has 6 bridgehead atoms. The first-order chi connectivity index (χ1) is 27.7. The number of nitrogens with one attached hydrogen (secondary N) is 2. The number of cyclic esters (lactones) is 1. The fraction of sp³-hybridized carbons (Fsp3) is 0.535. The number of nitrogens with zero attached hydrogens (tertiary/aromatic N) is 6. The van der Waals surface area contributed by atoms with E-state index in [9.17, 15) is 19.2 Å². The van der Waals surface area contributed by atoms with E-state index in [0.717, 1.165) is 44.7 Å². The summed E-state index contributed by atoms with van der Waals surface area (Å²) in [6.07, 6.45) is 3.34. The molecule has 58 heavy (non-hydrogen) atoms. The SMILES string of the molecule is CCn1c(-c2cccnc2[C@H](C)OC)c2c3cc(ccc31)-c1csc(n1)C[C@H](NC(=O)[C@H](C(C)C)N1CCN(C)C1=O)C(=O)N1CCC[C@H](N1)C(=O)OCC(C)(C)C2. The fourth-order valence-corrected chi connectivity index (χ4v) is 9.40. The van der Waals surface area contributed by atoms with Gasteiger partial charge in [0.15, 0.2) is 0 Å². The maximum absolute atomic E-state index is 14.4. The van der Waals surface area contributed by atoms with E-state index in [0.29, 0.717) is 50.4 Å². The van der Waals surface area contributed by atoms with Crippen LogP contribution in [0.5, 0.6) is 0 Å². The molecule has 6 heterocycles. The molecule has 3 aromatic heterocycles. The summed E-state index contributed by atoms with van der Waals surface area (Å²) in [7, 11) is 3.41. The molecule has 4 amide bonds. The lowest BCUT2D eigenvalue weighted by Gasteiger charge is -2.36. The van der Waals surface area contributed by atoms with E-state index in [1.807, 2.05) is 32.2 Å². The molecule has 2 fully saturated rings. The van der Waals surface area contributed by atoms with Crippen molar-refractivity contribution < 1.29 is 28.7 Å². The Bertz CT molecular complexity index is 2200. The zero-order chi connectivity index (χ0) is 41.5. The number of aryl methyl sites for hydroxylation is 1. The number of methoxy groups -OCH3 is 1. The minimum absolute atomic E-state index is 0.126. The monoisotopic (exact) mass is 812 g/mol. The second kappa shape index (κ2) is 16.8. The molecule has 2 saturated heterocycles. The molecule has 2 N–H and O–H groups in total. The van der Waals surface area contributed by atoms with Crippen LogP contribution < -0.4 is 10.7 Å². The topological polar surface area (TPSA) is 151 Å². The van der Waals surface area contributed by atoms with E-state index < -0.39 is 35.4 Å². The minimum atomic E-state index is -1.01. The maximum Gasteiger partial charge on any atom is 0.324 e. The van der Waals surface area contributed by atoms with Crippen molar-refractivity contribution in [2.75, 3.05) is 40.4 Å². The van der Waals surface area contributed by atoms with Gasteiger partial charge in [0.1, 0.15) is 18.1 Å². The fourth-order valence-electron chi connectivity index (χ4n) is 8.55. The van der Waals surface area contributed by atoms with Gasteiger partial charge in [-0.25, -0.2) is 15.2 Å². The van der Waals surface area contributed by atoms with Crippen LogP contribution in [-0.2, 0) is 43.2 Å². The molecule has 310 valence electrons. The number of carbonyl (C=O) groups excluding carboxylic acids is 4. The number of hydrogen-bond donors (Lipinski definition) is 2. The third-order valence-electron chi connectivity index (χ3n) is 11.6. The van der Waals surface area contributed by atoms with Gasteiger partial charge in [-0.15, -0.1) is 11.3 Å². The average Bonchev–Trinajstić information content (AvgIpc) is 3.90.